The number of aliphatic hydroxyl groups is 1. The van der Waals surface area contributed by atoms with Gasteiger partial charge in [0.15, 0.2) is 5.82 Å². The van der Waals surface area contributed by atoms with Crippen LogP contribution < -0.4 is 10.2 Å². The van der Waals surface area contributed by atoms with E-state index in [1.165, 1.54) is 11.8 Å². The van der Waals surface area contributed by atoms with E-state index in [2.05, 4.69) is 10.4 Å². The number of urea groups is 1. The van der Waals surface area contributed by atoms with E-state index in [4.69, 9.17) is 0 Å². The fourth-order valence-corrected chi connectivity index (χ4v) is 3.40. The summed E-state index contributed by atoms with van der Waals surface area (Å²) < 4.78 is 29.0. The predicted octanol–water partition coefficient (Wildman–Crippen LogP) is 0.327. The van der Waals surface area contributed by atoms with Crippen LogP contribution in [0.2, 0.25) is 0 Å². The van der Waals surface area contributed by atoms with Crippen LogP contribution in [0.4, 0.5) is 19.4 Å². The molecule has 10 heteroatoms. The highest BCUT2D eigenvalue weighted by Crippen LogP contribution is 2.39. The van der Waals surface area contributed by atoms with Crippen molar-refractivity contribution in [3.8, 4) is 0 Å². The third-order valence-corrected chi connectivity index (χ3v) is 4.75. The maximum absolute atomic E-state index is 13.7. The van der Waals surface area contributed by atoms with Crippen LogP contribution in [0.5, 0.6) is 0 Å². The number of aliphatic hydroxyl groups excluding tert-OH is 1. The smallest absolute Gasteiger partial charge is 0.318 e. The zero-order valence-electron chi connectivity index (χ0n) is 14.1. The second kappa shape index (κ2) is 5.94. The number of likely N-dealkylation sites (tertiary alicyclic amines) is 1. The summed E-state index contributed by atoms with van der Waals surface area (Å²) >= 11 is 0. The number of rotatable bonds is 3. The van der Waals surface area contributed by atoms with Gasteiger partial charge in [0, 0.05) is 32.3 Å². The molecule has 3 heterocycles. The van der Waals surface area contributed by atoms with Gasteiger partial charge in [-0.3, -0.25) is 14.4 Å². The molecule has 2 N–H and O–H groups in total. The summed E-state index contributed by atoms with van der Waals surface area (Å²) in [6, 6.07) is 0.119. The largest absolute Gasteiger partial charge is 0.394 e. The Kier molecular flexibility index (Phi) is 4.18. The molecule has 1 aromatic rings. The van der Waals surface area contributed by atoms with Gasteiger partial charge in [0.05, 0.1) is 18.7 Å². The van der Waals surface area contributed by atoms with Gasteiger partial charge in [0.2, 0.25) is 0 Å². The molecule has 0 aliphatic carbocycles. The molecule has 0 aromatic carbocycles. The van der Waals surface area contributed by atoms with E-state index in [9.17, 15) is 23.5 Å². The Labute approximate surface area is 143 Å². The number of alkyl halides is 2. The Balaban J connectivity index is 1.68. The Morgan fingerprint density at radius 2 is 2.24 bits per heavy atom. The second-order valence-corrected chi connectivity index (χ2v) is 6.90. The van der Waals surface area contributed by atoms with Crippen molar-refractivity contribution < 1.29 is 23.5 Å². The topological polar surface area (TPSA) is 90.7 Å². The number of nitrogens with zero attached hydrogens (tertiary/aromatic N) is 4. The lowest BCUT2D eigenvalue weighted by Gasteiger charge is -2.33. The van der Waals surface area contributed by atoms with Crippen LogP contribution >= 0.6 is 0 Å². The number of hydrogen-bond donors (Lipinski definition) is 2. The SMILES string of the molecule is Cn1ccc(N2CCC(NC(=O)N3CC(F)(F)CC3(C)CO)C2=O)n1. The fourth-order valence-electron chi connectivity index (χ4n) is 3.40. The molecule has 3 amide bonds. The summed E-state index contributed by atoms with van der Waals surface area (Å²) in [5.41, 5.74) is -1.35. The molecule has 0 spiro atoms. The average Bonchev–Trinajstić information content (AvgIpc) is 3.17. The summed E-state index contributed by atoms with van der Waals surface area (Å²) in [5.74, 6) is -2.91. The third kappa shape index (κ3) is 3.17. The Morgan fingerprint density at radius 1 is 1.52 bits per heavy atom. The van der Waals surface area contributed by atoms with Crippen molar-refractivity contribution in [3.05, 3.63) is 12.3 Å². The van der Waals surface area contributed by atoms with E-state index in [1.54, 1.807) is 24.0 Å². The van der Waals surface area contributed by atoms with Gasteiger partial charge in [0.1, 0.15) is 6.04 Å². The molecular weight excluding hydrogens is 336 g/mol. The molecule has 2 atom stereocenters. The maximum Gasteiger partial charge on any atom is 0.318 e. The highest BCUT2D eigenvalue weighted by atomic mass is 19.3. The lowest BCUT2D eigenvalue weighted by Crippen LogP contribution is -2.55. The van der Waals surface area contributed by atoms with Crippen molar-refractivity contribution in [2.45, 2.75) is 37.3 Å². The molecule has 2 unspecified atom stereocenters. The minimum absolute atomic E-state index is 0.330. The van der Waals surface area contributed by atoms with Gasteiger partial charge in [-0.1, -0.05) is 0 Å². The quantitative estimate of drug-likeness (QED) is 0.816. The zero-order valence-corrected chi connectivity index (χ0v) is 14.1. The molecule has 138 valence electrons. The molecule has 8 nitrogen and oxygen atoms in total. The summed E-state index contributed by atoms with van der Waals surface area (Å²) in [6.07, 6.45) is 1.46. The maximum atomic E-state index is 13.7. The number of carbonyl (C=O) groups is 2. The number of nitrogens with one attached hydrogen (secondary N) is 1. The average molecular weight is 357 g/mol. The predicted molar refractivity (Wildman–Crippen MR) is 84.3 cm³/mol. The van der Waals surface area contributed by atoms with Crippen molar-refractivity contribution in [3.63, 3.8) is 0 Å². The number of carbonyl (C=O) groups excluding carboxylic acids is 2. The van der Waals surface area contributed by atoms with Gasteiger partial charge in [0.25, 0.3) is 11.8 Å². The number of halogens is 2. The molecule has 3 rings (SSSR count). The first-order chi connectivity index (χ1) is 11.6. The monoisotopic (exact) mass is 357 g/mol. The first-order valence-electron chi connectivity index (χ1n) is 8.03. The van der Waals surface area contributed by atoms with Crippen molar-refractivity contribution in [1.29, 1.82) is 0 Å². The minimum Gasteiger partial charge on any atom is -0.394 e. The second-order valence-electron chi connectivity index (χ2n) is 6.90. The van der Waals surface area contributed by atoms with Crippen LogP contribution in [0.1, 0.15) is 19.8 Å². The molecule has 2 aliphatic heterocycles. The Morgan fingerprint density at radius 3 is 2.84 bits per heavy atom. The van der Waals surface area contributed by atoms with E-state index >= 15 is 0 Å². The summed E-state index contributed by atoms with van der Waals surface area (Å²) in [6.45, 7) is 0.438. The highest BCUT2D eigenvalue weighted by molar-refractivity contribution is 6.00. The first-order valence-corrected chi connectivity index (χ1v) is 8.03. The normalized spacial score (nSPS) is 28.7. The van der Waals surface area contributed by atoms with Crippen LogP contribution in [0.25, 0.3) is 0 Å². The molecule has 2 fully saturated rings. The van der Waals surface area contributed by atoms with E-state index in [1.807, 2.05) is 0 Å². The summed E-state index contributed by atoms with van der Waals surface area (Å²) in [5, 5.41) is 16.1. The minimum atomic E-state index is -3.06. The van der Waals surface area contributed by atoms with E-state index in [0.29, 0.717) is 18.8 Å². The van der Waals surface area contributed by atoms with Gasteiger partial charge < -0.3 is 15.3 Å². The van der Waals surface area contributed by atoms with Gasteiger partial charge in [-0.2, -0.15) is 5.10 Å². The molecule has 25 heavy (non-hydrogen) atoms. The molecule has 2 saturated heterocycles. The highest BCUT2D eigenvalue weighted by Gasteiger charge is 2.54. The number of aromatic nitrogens is 2. The van der Waals surface area contributed by atoms with Crippen LogP contribution in [0.3, 0.4) is 0 Å². The van der Waals surface area contributed by atoms with E-state index < -0.39 is 43.1 Å². The lowest BCUT2D eigenvalue weighted by atomic mass is 9.99. The molecule has 0 saturated carbocycles. The van der Waals surface area contributed by atoms with Crippen LogP contribution in [-0.2, 0) is 11.8 Å². The molecule has 0 radical (unpaired) electrons. The Bertz CT molecular complexity index is 694. The van der Waals surface area contributed by atoms with Crippen LogP contribution in [0, 0.1) is 0 Å². The molecule has 1 aromatic heterocycles. The lowest BCUT2D eigenvalue weighted by molar-refractivity contribution is -0.118. The molecule has 0 bridgehead atoms. The van der Waals surface area contributed by atoms with Gasteiger partial charge >= 0.3 is 6.03 Å². The number of amides is 3. The van der Waals surface area contributed by atoms with Crippen molar-refractivity contribution in [1.82, 2.24) is 20.0 Å². The van der Waals surface area contributed by atoms with Gasteiger partial charge in [-0.05, 0) is 13.3 Å². The number of hydrogen-bond acceptors (Lipinski definition) is 4. The van der Waals surface area contributed by atoms with Crippen LogP contribution in [0.15, 0.2) is 12.3 Å². The van der Waals surface area contributed by atoms with Crippen molar-refractivity contribution in [2.75, 3.05) is 24.6 Å². The van der Waals surface area contributed by atoms with Crippen LogP contribution in [-0.4, -0.2) is 68.9 Å². The zero-order chi connectivity index (χ0) is 18.4. The summed E-state index contributed by atoms with van der Waals surface area (Å²) in [4.78, 5) is 27.3. The van der Waals surface area contributed by atoms with Gasteiger partial charge in [-0.15, -0.1) is 0 Å². The Hall–Kier alpha value is -2.23. The molecule has 2 aliphatic rings. The molecular formula is C15H21F2N5O3. The standard InChI is InChI=1S/C15H21F2N5O3/c1-14(9-23)7-15(16,17)8-22(14)13(25)18-10-3-6-21(12(10)24)11-4-5-20(2)19-11/h4-5,10,23H,3,6-9H2,1-2H3,(H,18,25). The first kappa shape index (κ1) is 17.6. The number of aryl methyl sites for hydroxylation is 1. The van der Waals surface area contributed by atoms with Crippen molar-refractivity contribution >= 4 is 17.8 Å². The van der Waals surface area contributed by atoms with Gasteiger partial charge in [-0.25, -0.2) is 13.6 Å². The number of anilines is 1. The van der Waals surface area contributed by atoms with E-state index in [-0.39, 0.29) is 5.91 Å². The van der Waals surface area contributed by atoms with Crippen molar-refractivity contribution in [2.24, 2.45) is 7.05 Å². The van der Waals surface area contributed by atoms with E-state index in [0.717, 1.165) is 4.90 Å². The third-order valence-electron chi connectivity index (χ3n) is 4.75. The summed E-state index contributed by atoms with van der Waals surface area (Å²) in [7, 11) is 1.73. The fraction of sp³-hybridized carbons (Fsp3) is 0.667.